The highest BCUT2D eigenvalue weighted by Crippen LogP contribution is 2.28. The van der Waals surface area contributed by atoms with Gasteiger partial charge in [-0.1, -0.05) is 26.2 Å². The molecule has 1 aliphatic rings. The van der Waals surface area contributed by atoms with Gasteiger partial charge in [-0.15, -0.1) is 0 Å². The van der Waals surface area contributed by atoms with Crippen molar-refractivity contribution < 1.29 is 0 Å². The summed E-state index contributed by atoms with van der Waals surface area (Å²) in [5, 5.41) is 12.7. The fourth-order valence-corrected chi connectivity index (χ4v) is 2.81. The standard InChI is InChI=1S/C15H28N2/c1-4-14(13-8-6-5-7-9-13)17-11-10-15(2,3)12-16/h13-14,17H,4-11H2,1-3H3. The van der Waals surface area contributed by atoms with Crippen LogP contribution in [0.15, 0.2) is 0 Å². The average Bonchev–Trinajstić information content (AvgIpc) is 2.36. The Morgan fingerprint density at radius 3 is 2.47 bits per heavy atom. The van der Waals surface area contributed by atoms with Crippen LogP contribution in [0.5, 0.6) is 0 Å². The topological polar surface area (TPSA) is 35.8 Å². The Hall–Kier alpha value is -0.550. The van der Waals surface area contributed by atoms with Crippen LogP contribution in [0.1, 0.15) is 65.7 Å². The summed E-state index contributed by atoms with van der Waals surface area (Å²) in [6.45, 7) is 7.31. The van der Waals surface area contributed by atoms with Crippen molar-refractivity contribution in [3.63, 3.8) is 0 Å². The van der Waals surface area contributed by atoms with Gasteiger partial charge in [0.05, 0.1) is 11.5 Å². The van der Waals surface area contributed by atoms with E-state index < -0.39 is 0 Å². The Morgan fingerprint density at radius 2 is 1.94 bits per heavy atom. The maximum Gasteiger partial charge on any atom is 0.0684 e. The second kappa shape index (κ2) is 7.01. The zero-order valence-electron chi connectivity index (χ0n) is 11.8. The van der Waals surface area contributed by atoms with Crippen LogP contribution in [-0.2, 0) is 0 Å². The first-order valence-electron chi connectivity index (χ1n) is 7.23. The van der Waals surface area contributed by atoms with E-state index >= 15 is 0 Å². The minimum Gasteiger partial charge on any atom is -0.314 e. The van der Waals surface area contributed by atoms with Gasteiger partial charge in [0.2, 0.25) is 0 Å². The predicted octanol–water partition coefficient (Wildman–Crippen LogP) is 3.87. The quantitative estimate of drug-likeness (QED) is 0.760. The Bertz CT molecular complexity index is 246. The van der Waals surface area contributed by atoms with E-state index in [0.717, 1.165) is 18.9 Å². The molecule has 1 fully saturated rings. The molecule has 0 saturated heterocycles. The molecule has 0 aromatic heterocycles. The maximum atomic E-state index is 8.99. The van der Waals surface area contributed by atoms with Crippen LogP contribution in [-0.4, -0.2) is 12.6 Å². The second-order valence-corrected chi connectivity index (χ2v) is 6.11. The molecule has 1 atom stereocenters. The summed E-state index contributed by atoms with van der Waals surface area (Å²) < 4.78 is 0. The minimum absolute atomic E-state index is 0.183. The fourth-order valence-electron chi connectivity index (χ4n) is 2.81. The smallest absolute Gasteiger partial charge is 0.0684 e. The summed E-state index contributed by atoms with van der Waals surface area (Å²) >= 11 is 0. The Balaban J connectivity index is 2.29. The lowest BCUT2D eigenvalue weighted by Gasteiger charge is -2.31. The van der Waals surface area contributed by atoms with E-state index in [1.165, 1.54) is 38.5 Å². The van der Waals surface area contributed by atoms with Gasteiger partial charge in [-0.05, 0) is 52.0 Å². The van der Waals surface area contributed by atoms with Crippen LogP contribution in [0.4, 0.5) is 0 Å². The van der Waals surface area contributed by atoms with Crippen molar-refractivity contribution in [2.24, 2.45) is 11.3 Å². The van der Waals surface area contributed by atoms with Crippen molar-refractivity contribution in [2.45, 2.75) is 71.8 Å². The first-order valence-corrected chi connectivity index (χ1v) is 7.23. The highest BCUT2D eigenvalue weighted by molar-refractivity contribution is 4.92. The van der Waals surface area contributed by atoms with E-state index in [9.17, 15) is 0 Å². The summed E-state index contributed by atoms with van der Waals surface area (Å²) in [5.74, 6) is 0.874. The van der Waals surface area contributed by atoms with E-state index in [1.807, 2.05) is 13.8 Å². The number of nitrogens with one attached hydrogen (secondary N) is 1. The fraction of sp³-hybridized carbons (Fsp3) is 0.933. The third-order valence-corrected chi connectivity index (χ3v) is 4.12. The van der Waals surface area contributed by atoms with Gasteiger partial charge in [0, 0.05) is 6.04 Å². The number of rotatable bonds is 6. The van der Waals surface area contributed by atoms with E-state index in [-0.39, 0.29) is 5.41 Å². The summed E-state index contributed by atoms with van der Waals surface area (Å²) in [5.41, 5.74) is -0.183. The summed E-state index contributed by atoms with van der Waals surface area (Å²) in [7, 11) is 0. The predicted molar refractivity (Wildman–Crippen MR) is 72.7 cm³/mol. The van der Waals surface area contributed by atoms with Crippen molar-refractivity contribution >= 4 is 0 Å². The van der Waals surface area contributed by atoms with Crippen LogP contribution in [0.25, 0.3) is 0 Å². The molecular weight excluding hydrogens is 208 g/mol. The van der Waals surface area contributed by atoms with Crippen LogP contribution in [0.3, 0.4) is 0 Å². The maximum absolute atomic E-state index is 8.99. The molecule has 0 heterocycles. The molecule has 0 aromatic carbocycles. The third kappa shape index (κ3) is 5.08. The molecule has 0 aromatic rings. The molecule has 98 valence electrons. The first kappa shape index (κ1) is 14.5. The molecule has 1 saturated carbocycles. The highest BCUT2D eigenvalue weighted by Gasteiger charge is 2.23. The normalized spacial score (nSPS) is 19.9. The minimum atomic E-state index is -0.183. The van der Waals surface area contributed by atoms with E-state index in [0.29, 0.717) is 6.04 Å². The molecule has 17 heavy (non-hydrogen) atoms. The molecule has 1 aliphatic carbocycles. The van der Waals surface area contributed by atoms with Crippen LogP contribution >= 0.6 is 0 Å². The Morgan fingerprint density at radius 1 is 1.29 bits per heavy atom. The van der Waals surface area contributed by atoms with Crippen LogP contribution in [0, 0.1) is 22.7 Å². The number of nitriles is 1. The number of hydrogen-bond donors (Lipinski definition) is 1. The molecule has 0 spiro atoms. The summed E-state index contributed by atoms with van der Waals surface area (Å²) in [6, 6.07) is 3.04. The van der Waals surface area contributed by atoms with Crippen LogP contribution in [0.2, 0.25) is 0 Å². The summed E-state index contributed by atoms with van der Waals surface area (Å²) in [4.78, 5) is 0. The lowest BCUT2D eigenvalue weighted by atomic mass is 9.82. The SMILES string of the molecule is CCC(NCCC(C)(C)C#N)C1CCCCC1. The highest BCUT2D eigenvalue weighted by atomic mass is 14.9. The Labute approximate surface area is 107 Å². The number of nitrogens with zero attached hydrogens (tertiary/aromatic N) is 1. The van der Waals surface area contributed by atoms with Gasteiger partial charge in [0.15, 0.2) is 0 Å². The molecule has 1 unspecified atom stereocenters. The average molecular weight is 236 g/mol. The Kier molecular flexibility index (Phi) is 5.98. The zero-order valence-corrected chi connectivity index (χ0v) is 11.8. The summed E-state index contributed by atoms with van der Waals surface area (Å²) in [6.07, 6.45) is 9.21. The molecule has 0 aliphatic heterocycles. The van der Waals surface area contributed by atoms with Gasteiger partial charge >= 0.3 is 0 Å². The van der Waals surface area contributed by atoms with Gasteiger partial charge in [-0.25, -0.2) is 0 Å². The van der Waals surface area contributed by atoms with E-state index in [1.54, 1.807) is 0 Å². The second-order valence-electron chi connectivity index (χ2n) is 6.11. The van der Waals surface area contributed by atoms with Gasteiger partial charge in [0.25, 0.3) is 0 Å². The van der Waals surface area contributed by atoms with Crippen molar-refractivity contribution in [3.05, 3.63) is 0 Å². The first-order chi connectivity index (χ1) is 8.09. The lowest BCUT2D eigenvalue weighted by Crippen LogP contribution is -2.38. The molecule has 1 N–H and O–H groups in total. The van der Waals surface area contributed by atoms with E-state index in [2.05, 4.69) is 18.3 Å². The van der Waals surface area contributed by atoms with Crippen molar-refractivity contribution in [3.8, 4) is 6.07 Å². The number of hydrogen-bond acceptors (Lipinski definition) is 2. The van der Waals surface area contributed by atoms with E-state index in [4.69, 9.17) is 5.26 Å². The molecular formula is C15H28N2. The lowest BCUT2D eigenvalue weighted by molar-refractivity contribution is 0.256. The van der Waals surface area contributed by atoms with Gasteiger partial charge in [-0.3, -0.25) is 0 Å². The van der Waals surface area contributed by atoms with Crippen molar-refractivity contribution in [2.75, 3.05) is 6.54 Å². The van der Waals surface area contributed by atoms with Crippen molar-refractivity contribution in [1.29, 1.82) is 5.26 Å². The molecule has 0 bridgehead atoms. The van der Waals surface area contributed by atoms with Crippen molar-refractivity contribution in [1.82, 2.24) is 5.32 Å². The largest absolute Gasteiger partial charge is 0.314 e. The zero-order chi connectivity index (χ0) is 12.7. The molecule has 1 rings (SSSR count). The van der Waals surface area contributed by atoms with Crippen LogP contribution < -0.4 is 5.32 Å². The van der Waals surface area contributed by atoms with Gasteiger partial charge in [-0.2, -0.15) is 5.26 Å². The van der Waals surface area contributed by atoms with Gasteiger partial charge < -0.3 is 5.32 Å². The van der Waals surface area contributed by atoms with Gasteiger partial charge in [0.1, 0.15) is 0 Å². The molecule has 0 radical (unpaired) electrons. The third-order valence-electron chi connectivity index (χ3n) is 4.12. The molecule has 2 heteroatoms. The molecule has 2 nitrogen and oxygen atoms in total. The monoisotopic (exact) mass is 236 g/mol. The molecule has 0 amide bonds.